The van der Waals surface area contributed by atoms with Crippen molar-refractivity contribution < 1.29 is 43.3 Å². The van der Waals surface area contributed by atoms with Crippen molar-refractivity contribution in [2.75, 3.05) is 56.3 Å². The van der Waals surface area contributed by atoms with Gasteiger partial charge in [-0.15, -0.1) is 5.10 Å². The van der Waals surface area contributed by atoms with Gasteiger partial charge < -0.3 is 34.4 Å². The monoisotopic (exact) mass is 1050 g/mol. The van der Waals surface area contributed by atoms with Crippen LogP contribution in [0.2, 0.25) is 0 Å². The molecule has 2 aromatic heterocycles. The molecular formula is C59H56N10O9. The van der Waals surface area contributed by atoms with E-state index in [2.05, 4.69) is 37.4 Å². The fourth-order valence-corrected chi connectivity index (χ4v) is 11.8. The van der Waals surface area contributed by atoms with E-state index in [1.54, 1.807) is 78.3 Å². The number of benzene rings is 5. The second kappa shape index (κ2) is 21.6. The lowest BCUT2D eigenvalue weighted by molar-refractivity contribution is -0.179. The lowest BCUT2D eigenvalue weighted by Crippen LogP contribution is -2.60. The highest BCUT2D eigenvalue weighted by Gasteiger charge is 2.76. The number of hydrogen-bond acceptors (Lipinski definition) is 15. The summed E-state index contributed by atoms with van der Waals surface area (Å²) in [5.41, 5.74) is 1.97. The number of cyclic esters (lactones) is 1. The molecule has 0 saturated carbocycles. The maximum Gasteiger partial charge on any atom is 0.329 e. The molecule has 4 aliphatic rings. The number of esters is 2. The van der Waals surface area contributed by atoms with Gasteiger partial charge >= 0.3 is 18.0 Å². The average molecular weight is 1050 g/mol. The predicted molar refractivity (Wildman–Crippen MR) is 285 cm³/mol. The molecule has 78 heavy (non-hydrogen) atoms. The molecule has 19 heteroatoms. The summed E-state index contributed by atoms with van der Waals surface area (Å²) in [7, 11) is 1.22. The number of carbonyl (C=O) groups excluding carboxylic acids is 5. The van der Waals surface area contributed by atoms with Gasteiger partial charge in [-0.05, 0) is 76.7 Å². The van der Waals surface area contributed by atoms with Gasteiger partial charge in [-0.1, -0.05) is 116 Å². The highest BCUT2D eigenvalue weighted by Crippen LogP contribution is 2.66. The zero-order chi connectivity index (χ0) is 54.1. The van der Waals surface area contributed by atoms with Crippen LogP contribution in [-0.4, -0.2) is 128 Å². The van der Waals surface area contributed by atoms with Gasteiger partial charge in [-0.25, -0.2) is 29.1 Å². The standard InChI is InChI=1S/C59H56N10O9/c1-37(2)48(54(72)76-3)62-58(75)68-45-25-24-38(15-13-28-67-46-23-11-10-22-44(46)63-64-67)35-43(45)59(56(68)74)47(53(71)65-29-31-66(32-30-65)57-60-26-14-27-61-57)50-55(73)78-51(40-18-8-5-9-19-40)49(39-16-6-4-7-17-39)69(50)52(59)41-20-12-21-42(36-41)77-34-33-70/h4-12,14,16-27,35-37,47-52,70H,28-34H2,1-3H3,(H,62,75)/t47-,48+,49-,50-,51+,52+,59-/m1/s1. The molecule has 4 aliphatic heterocycles. The number of para-hydroxylation sites is 1. The lowest BCUT2D eigenvalue weighted by Gasteiger charge is -2.46. The Morgan fingerprint density at radius 2 is 1.53 bits per heavy atom. The predicted octanol–water partition coefficient (Wildman–Crippen LogP) is 5.57. The number of methoxy groups -OCH3 is 1. The zero-order valence-corrected chi connectivity index (χ0v) is 43.1. The number of nitrogens with zero attached hydrogens (tertiary/aromatic N) is 9. The van der Waals surface area contributed by atoms with Crippen LogP contribution in [0.4, 0.5) is 16.4 Å². The summed E-state index contributed by atoms with van der Waals surface area (Å²) in [6.07, 6.45) is 2.33. The molecule has 0 unspecified atom stereocenters. The smallest absolute Gasteiger partial charge is 0.329 e. The zero-order valence-electron chi connectivity index (χ0n) is 43.1. The molecule has 0 bridgehead atoms. The Morgan fingerprint density at radius 3 is 2.24 bits per heavy atom. The lowest BCUT2D eigenvalue weighted by atomic mass is 9.64. The molecule has 1 spiro atoms. The van der Waals surface area contributed by atoms with Gasteiger partial charge in [0.15, 0.2) is 0 Å². The molecule has 2 N–H and O–H groups in total. The largest absolute Gasteiger partial charge is 0.491 e. The third kappa shape index (κ3) is 9.01. The number of piperazine rings is 1. The number of aliphatic hydroxyl groups is 1. The SMILES string of the molecule is COC(=O)[C@@H](NC(=O)N1C(=O)[C@@]2(c3cc(C#CCn4nnc5ccccc54)ccc31)[C@H](c1cccc(OCCO)c1)N1[C@H](c3ccccc3)[C@H](c3ccccc3)OC(=O)[C@H]1[C@@H]2C(=O)N1CCN(c2ncccn2)CC1)C(C)C. The number of aromatic nitrogens is 5. The first kappa shape index (κ1) is 51.1. The third-order valence-corrected chi connectivity index (χ3v) is 15.2. The van der Waals surface area contributed by atoms with Crippen molar-refractivity contribution in [3.05, 3.63) is 174 Å². The second-order valence-electron chi connectivity index (χ2n) is 19.9. The maximum absolute atomic E-state index is 17.0. The molecular weight excluding hydrogens is 993 g/mol. The van der Waals surface area contributed by atoms with E-state index in [4.69, 9.17) is 14.2 Å². The number of nitrogens with one attached hydrogen (secondary N) is 1. The summed E-state index contributed by atoms with van der Waals surface area (Å²) in [6.45, 7) is 4.27. The average Bonchev–Trinajstić information content (AvgIpc) is 3.11. The van der Waals surface area contributed by atoms with Gasteiger partial charge in [0.25, 0.3) is 0 Å². The van der Waals surface area contributed by atoms with E-state index in [0.717, 1.165) is 16.0 Å². The molecule has 4 amide bonds. The van der Waals surface area contributed by atoms with E-state index >= 15 is 19.2 Å². The van der Waals surface area contributed by atoms with Crippen LogP contribution >= 0.6 is 0 Å². The molecule has 0 radical (unpaired) electrons. The van der Waals surface area contributed by atoms with Crippen LogP contribution < -0.4 is 19.9 Å². The quantitative estimate of drug-likeness (QED) is 0.113. The van der Waals surface area contributed by atoms with Crippen molar-refractivity contribution in [3.8, 4) is 17.6 Å². The molecule has 396 valence electrons. The van der Waals surface area contributed by atoms with E-state index < -0.39 is 77.3 Å². The number of rotatable bonds is 12. The first-order valence-corrected chi connectivity index (χ1v) is 25.9. The van der Waals surface area contributed by atoms with Crippen LogP contribution in [0.5, 0.6) is 5.75 Å². The summed E-state index contributed by atoms with van der Waals surface area (Å²) in [5.74, 6) is 2.44. The molecule has 6 heterocycles. The number of hydrogen-bond donors (Lipinski definition) is 2. The van der Waals surface area contributed by atoms with Gasteiger partial charge in [-0.2, -0.15) is 0 Å². The molecule has 3 saturated heterocycles. The number of ether oxygens (including phenoxy) is 3. The first-order valence-electron chi connectivity index (χ1n) is 25.9. The van der Waals surface area contributed by atoms with E-state index in [9.17, 15) is 9.90 Å². The molecule has 19 nitrogen and oxygen atoms in total. The highest BCUT2D eigenvalue weighted by atomic mass is 16.6. The minimum absolute atomic E-state index is 0.0545. The van der Waals surface area contributed by atoms with Gasteiger partial charge in [0.05, 0.1) is 42.9 Å². The van der Waals surface area contributed by atoms with Crippen molar-refractivity contribution >= 4 is 52.5 Å². The maximum atomic E-state index is 17.0. The number of amides is 4. The van der Waals surface area contributed by atoms with Crippen LogP contribution in [0.3, 0.4) is 0 Å². The second-order valence-corrected chi connectivity index (χ2v) is 19.9. The molecule has 7 aromatic rings. The molecule has 7 atom stereocenters. The summed E-state index contributed by atoms with van der Waals surface area (Å²) < 4.78 is 19.6. The van der Waals surface area contributed by atoms with Crippen molar-refractivity contribution in [2.45, 2.75) is 56.1 Å². The van der Waals surface area contributed by atoms with Gasteiger partial charge in [0.2, 0.25) is 17.8 Å². The van der Waals surface area contributed by atoms with E-state index in [1.165, 1.54) is 7.11 Å². The number of fused-ring (bicyclic) bond motifs is 4. The fourth-order valence-electron chi connectivity index (χ4n) is 11.8. The van der Waals surface area contributed by atoms with Crippen LogP contribution in [0, 0.1) is 23.7 Å². The summed E-state index contributed by atoms with van der Waals surface area (Å²) in [5, 5.41) is 21.4. The number of anilines is 2. The van der Waals surface area contributed by atoms with Gasteiger partial charge in [0, 0.05) is 44.1 Å². The Hall–Kier alpha value is -8.99. The van der Waals surface area contributed by atoms with Crippen LogP contribution in [0.15, 0.2) is 146 Å². The Bertz CT molecular complexity index is 3450. The normalized spacial score (nSPS) is 22.1. The minimum atomic E-state index is -2.14. The molecule has 3 fully saturated rings. The summed E-state index contributed by atoms with van der Waals surface area (Å²) in [4.78, 5) is 93.5. The molecule has 5 aromatic carbocycles. The van der Waals surface area contributed by atoms with Crippen LogP contribution in [-0.2, 0) is 40.6 Å². The van der Waals surface area contributed by atoms with Crippen molar-refractivity contribution in [1.82, 2.24) is 40.1 Å². The van der Waals surface area contributed by atoms with Crippen LogP contribution in [0.25, 0.3) is 11.0 Å². The Balaban J connectivity index is 1.17. The Morgan fingerprint density at radius 1 is 0.821 bits per heavy atom. The number of urea groups is 1. The minimum Gasteiger partial charge on any atom is -0.491 e. The van der Waals surface area contributed by atoms with Crippen molar-refractivity contribution in [3.63, 3.8) is 0 Å². The Labute approximate surface area is 449 Å². The third-order valence-electron chi connectivity index (χ3n) is 15.2. The highest BCUT2D eigenvalue weighted by molar-refractivity contribution is 6.25. The summed E-state index contributed by atoms with van der Waals surface area (Å²) in [6, 6.07) is 34.4. The number of aliphatic hydroxyl groups excluding tert-OH is 1. The first-order chi connectivity index (χ1) is 38.0. The van der Waals surface area contributed by atoms with Gasteiger partial charge in [0.1, 0.15) is 48.0 Å². The van der Waals surface area contributed by atoms with Crippen molar-refractivity contribution in [1.29, 1.82) is 0 Å². The Kier molecular flexibility index (Phi) is 14.1. The van der Waals surface area contributed by atoms with E-state index in [1.807, 2.05) is 101 Å². The van der Waals surface area contributed by atoms with Gasteiger partial charge in [-0.3, -0.25) is 19.3 Å². The molecule has 11 rings (SSSR count). The van der Waals surface area contributed by atoms with E-state index in [0.29, 0.717) is 47.0 Å². The number of imide groups is 1. The van der Waals surface area contributed by atoms with Crippen LogP contribution in [0.1, 0.15) is 59.9 Å². The van der Waals surface area contributed by atoms with E-state index in [-0.39, 0.29) is 44.1 Å². The fraction of sp³-hybridized carbons (Fsp3) is 0.305. The number of carbonyl (C=O) groups is 5. The molecule has 0 aliphatic carbocycles. The number of morpholine rings is 1. The topological polar surface area (TPSA) is 215 Å². The summed E-state index contributed by atoms with van der Waals surface area (Å²) >= 11 is 0. The van der Waals surface area contributed by atoms with Crippen molar-refractivity contribution in [2.24, 2.45) is 11.8 Å².